The van der Waals surface area contributed by atoms with Crippen LogP contribution in [0.5, 0.6) is 0 Å². The van der Waals surface area contributed by atoms with Gasteiger partial charge in [0, 0.05) is 51.7 Å². The Labute approximate surface area is 154 Å². The summed E-state index contributed by atoms with van der Waals surface area (Å²) in [6, 6.07) is 1.76. The van der Waals surface area contributed by atoms with Crippen LogP contribution in [-0.2, 0) is 19.6 Å². The van der Waals surface area contributed by atoms with Gasteiger partial charge in [0.05, 0.1) is 18.9 Å². The van der Waals surface area contributed by atoms with Gasteiger partial charge in [-0.2, -0.15) is 4.31 Å². The molecule has 1 amide bonds. The Balaban J connectivity index is 1.55. The maximum Gasteiger partial charge on any atom is 0.238 e. The summed E-state index contributed by atoms with van der Waals surface area (Å²) in [4.78, 5) is 24.8. The van der Waals surface area contributed by atoms with Gasteiger partial charge in [-0.1, -0.05) is 0 Å². The molecule has 3 rings (SSSR count). The molecule has 26 heavy (non-hydrogen) atoms. The van der Waals surface area contributed by atoms with E-state index in [0.29, 0.717) is 38.7 Å². The first-order valence-corrected chi connectivity index (χ1v) is 10.6. The molecule has 0 saturated carbocycles. The molecule has 9 nitrogen and oxygen atoms in total. The summed E-state index contributed by atoms with van der Waals surface area (Å²) in [6.45, 7) is 3.05. The van der Waals surface area contributed by atoms with E-state index >= 15 is 0 Å². The van der Waals surface area contributed by atoms with E-state index in [-0.39, 0.29) is 25.1 Å². The Bertz CT molecular complexity index is 701. The lowest BCUT2D eigenvalue weighted by atomic mass is 10.2. The number of carbonyl (C=O) groups is 1. The van der Waals surface area contributed by atoms with Crippen LogP contribution in [0.4, 0.5) is 5.95 Å². The van der Waals surface area contributed by atoms with E-state index in [9.17, 15) is 13.2 Å². The van der Waals surface area contributed by atoms with Crippen molar-refractivity contribution in [2.24, 2.45) is 0 Å². The zero-order valence-corrected chi connectivity index (χ0v) is 15.8. The molecule has 2 saturated heterocycles. The molecule has 1 aromatic rings. The number of nitrogens with zero attached hydrogens (tertiary/aromatic N) is 5. The number of carbonyl (C=O) groups excluding carboxylic acids is 1. The number of aromatic nitrogens is 2. The van der Waals surface area contributed by atoms with Gasteiger partial charge in [0.25, 0.3) is 0 Å². The second kappa shape index (κ2) is 8.28. The number of rotatable bonds is 6. The highest BCUT2D eigenvalue weighted by Gasteiger charge is 2.29. The molecule has 2 aliphatic heterocycles. The molecule has 0 bridgehead atoms. The minimum Gasteiger partial charge on any atom is -0.377 e. The van der Waals surface area contributed by atoms with Crippen LogP contribution in [0.15, 0.2) is 18.5 Å². The molecular formula is C16H25N5O4S. The summed E-state index contributed by atoms with van der Waals surface area (Å²) in [7, 11) is -3.46. The monoisotopic (exact) mass is 383 g/mol. The molecule has 0 aliphatic carbocycles. The number of hydrogen-bond acceptors (Lipinski definition) is 7. The summed E-state index contributed by atoms with van der Waals surface area (Å²) < 4.78 is 30.9. The van der Waals surface area contributed by atoms with Gasteiger partial charge < -0.3 is 14.5 Å². The van der Waals surface area contributed by atoms with Crippen molar-refractivity contribution in [1.82, 2.24) is 19.2 Å². The SMILES string of the molecule is CS(=O)(=O)N(CC(=O)N1CCN(c2ncccn2)CC1)CC1CCCO1. The van der Waals surface area contributed by atoms with Gasteiger partial charge in [-0.25, -0.2) is 18.4 Å². The number of anilines is 1. The maximum atomic E-state index is 12.6. The van der Waals surface area contributed by atoms with Gasteiger partial charge in [-0.15, -0.1) is 0 Å². The van der Waals surface area contributed by atoms with E-state index in [4.69, 9.17) is 4.74 Å². The number of amides is 1. The summed E-state index contributed by atoms with van der Waals surface area (Å²) in [5.74, 6) is 0.470. The Morgan fingerprint density at radius 2 is 1.96 bits per heavy atom. The van der Waals surface area contributed by atoms with Gasteiger partial charge in [0.2, 0.25) is 21.9 Å². The molecule has 0 aromatic carbocycles. The maximum absolute atomic E-state index is 12.6. The van der Waals surface area contributed by atoms with Gasteiger partial charge >= 0.3 is 0 Å². The average Bonchev–Trinajstić information content (AvgIpc) is 3.14. The van der Waals surface area contributed by atoms with Crippen molar-refractivity contribution in [3.05, 3.63) is 18.5 Å². The smallest absolute Gasteiger partial charge is 0.238 e. The zero-order valence-electron chi connectivity index (χ0n) is 15.0. The van der Waals surface area contributed by atoms with Crippen LogP contribution >= 0.6 is 0 Å². The minimum absolute atomic E-state index is 0.121. The van der Waals surface area contributed by atoms with Crippen LogP contribution in [0.1, 0.15) is 12.8 Å². The second-order valence-corrected chi connectivity index (χ2v) is 8.59. The van der Waals surface area contributed by atoms with Gasteiger partial charge in [-0.3, -0.25) is 4.79 Å². The molecule has 1 unspecified atom stereocenters. The van der Waals surface area contributed by atoms with Crippen molar-refractivity contribution >= 4 is 21.9 Å². The van der Waals surface area contributed by atoms with Crippen LogP contribution < -0.4 is 4.90 Å². The Hall–Kier alpha value is -1.78. The van der Waals surface area contributed by atoms with Crippen LogP contribution in [-0.4, -0.2) is 91.7 Å². The third-order valence-electron chi connectivity index (χ3n) is 4.68. The molecule has 0 spiro atoms. The first kappa shape index (κ1) is 19.0. The topological polar surface area (TPSA) is 95.9 Å². The molecular weight excluding hydrogens is 358 g/mol. The summed E-state index contributed by atoms with van der Waals surface area (Å²) in [6.07, 6.45) is 6.16. The quantitative estimate of drug-likeness (QED) is 0.657. The van der Waals surface area contributed by atoms with E-state index in [1.807, 2.05) is 4.90 Å². The van der Waals surface area contributed by atoms with Crippen molar-refractivity contribution in [2.75, 3.05) is 57.0 Å². The molecule has 0 N–H and O–H groups in total. The van der Waals surface area contributed by atoms with Crippen LogP contribution in [0.25, 0.3) is 0 Å². The Morgan fingerprint density at radius 1 is 1.27 bits per heavy atom. The highest BCUT2D eigenvalue weighted by Crippen LogP contribution is 2.16. The molecule has 0 radical (unpaired) electrons. The minimum atomic E-state index is -3.46. The predicted octanol–water partition coefficient (Wildman–Crippen LogP) is -0.434. The van der Waals surface area contributed by atoms with Crippen molar-refractivity contribution < 1.29 is 17.9 Å². The van der Waals surface area contributed by atoms with E-state index in [1.54, 1.807) is 23.4 Å². The lowest BCUT2D eigenvalue weighted by Gasteiger charge is -2.35. The first-order valence-electron chi connectivity index (χ1n) is 8.80. The van der Waals surface area contributed by atoms with Crippen molar-refractivity contribution in [2.45, 2.75) is 18.9 Å². The Morgan fingerprint density at radius 3 is 2.54 bits per heavy atom. The van der Waals surface area contributed by atoms with Gasteiger partial charge in [-0.05, 0) is 18.9 Å². The standard InChI is InChI=1S/C16H25N5O4S/c1-26(23,24)21(12-14-4-2-11-25-14)13-15(22)19-7-9-20(10-8-19)16-17-5-3-6-18-16/h3,5-6,14H,2,4,7-13H2,1H3. The molecule has 2 aliphatic rings. The number of piperazine rings is 1. The second-order valence-electron chi connectivity index (χ2n) is 6.61. The predicted molar refractivity (Wildman–Crippen MR) is 96.2 cm³/mol. The lowest BCUT2D eigenvalue weighted by molar-refractivity contribution is -0.131. The van der Waals surface area contributed by atoms with Gasteiger partial charge in [0.15, 0.2) is 0 Å². The molecule has 10 heteroatoms. The zero-order chi connectivity index (χ0) is 18.6. The number of ether oxygens (including phenoxy) is 1. The van der Waals surface area contributed by atoms with Crippen molar-refractivity contribution in [3.63, 3.8) is 0 Å². The normalized spacial score (nSPS) is 21.4. The summed E-state index contributed by atoms with van der Waals surface area (Å²) in [5, 5.41) is 0. The molecule has 144 valence electrons. The van der Waals surface area contributed by atoms with Crippen molar-refractivity contribution in [1.29, 1.82) is 0 Å². The highest BCUT2D eigenvalue weighted by atomic mass is 32.2. The number of sulfonamides is 1. The fourth-order valence-corrected chi connectivity index (χ4v) is 3.98. The van der Waals surface area contributed by atoms with Crippen molar-refractivity contribution in [3.8, 4) is 0 Å². The molecule has 1 atom stereocenters. The summed E-state index contributed by atoms with van der Waals surface area (Å²) in [5.41, 5.74) is 0. The van der Waals surface area contributed by atoms with Gasteiger partial charge in [0.1, 0.15) is 0 Å². The fourth-order valence-electron chi connectivity index (χ4n) is 3.19. The third-order valence-corrected chi connectivity index (χ3v) is 5.90. The lowest BCUT2D eigenvalue weighted by Crippen LogP contribution is -2.52. The van der Waals surface area contributed by atoms with E-state index in [2.05, 4.69) is 9.97 Å². The number of hydrogen-bond donors (Lipinski definition) is 0. The fraction of sp³-hybridized carbons (Fsp3) is 0.688. The third kappa shape index (κ3) is 4.89. The molecule has 2 fully saturated rings. The van der Waals surface area contributed by atoms with Crippen LogP contribution in [0.3, 0.4) is 0 Å². The molecule has 1 aromatic heterocycles. The highest BCUT2D eigenvalue weighted by molar-refractivity contribution is 7.88. The van der Waals surface area contributed by atoms with E-state index in [1.165, 1.54) is 4.31 Å². The van der Waals surface area contributed by atoms with Crippen LogP contribution in [0, 0.1) is 0 Å². The van der Waals surface area contributed by atoms with E-state index < -0.39 is 10.0 Å². The van der Waals surface area contributed by atoms with E-state index in [0.717, 1.165) is 19.1 Å². The first-order chi connectivity index (χ1) is 12.4. The van der Waals surface area contributed by atoms with Crippen LogP contribution in [0.2, 0.25) is 0 Å². The summed E-state index contributed by atoms with van der Waals surface area (Å²) >= 11 is 0. The molecule has 3 heterocycles. The largest absolute Gasteiger partial charge is 0.377 e. The average molecular weight is 383 g/mol. The Kier molecular flexibility index (Phi) is 6.05.